The van der Waals surface area contributed by atoms with Gasteiger partial charge in [0.2, 0.25) is 0 Å². The lowest BCUT2D eigenvalue weighted by Gasteiger charge is -2.13. The Kier molecular flexibility index (Phi) is 4.27. The number of nitrogens with zero attached hydrogens (tertiary/aromatic N) is 1. The average Bonchev–Trinajstić information content (AvgIpc) is 2.66. The first-order valence-electron chi connectivity index (χ1n) is 6.01. The third-order valence-corrected chi connectivity index (χ3v) is 3.47. The van der Waals surface area contributed by atoms with E-state index in [4.69, 9.17) is 9.26 Å². The number of ether oxygens (including phenoxy) is 1. The Hall–Kier alpha value is -1.33. The van der Waals surface area contributed by atoms with E-state index in [1.165, 1.54) is 0 Å². The first-order valence-corrected chi connectivity index (χ1v) is 6.80. The van der Waals surface area contributed by atoms with Crippen LogP contribution in [-0.2, 0) is 6.61 Å². The highest BCUT2D eigenvalue weighted by Crippen LogP contribution is 2.29. The molecule has 0 fully saturated rings. The molecule has 5 heteroatoms. The summed E-state index contributed by atoms with van der Waals surface area (Å²) in [6.07, 6.45) is -0.576. The van der Waals surface area contributed by atoms with Crippen molar-refractivity contribution in [2.24, 2.45) is 0 Å². The summed E-state index contributed by atoms with van der Waals surface area (Å²) in [5.41, 5.74) is 2.53. The van der Waals surface area contributed by atoms with Crippen molar-refractivity contribution in [2.45, 2.75) is 33.5 Å². The molecule has 1 aromatic carbocycles. The first kappa shape index (κ1) is 14.1. The van der Waals surface area contributed by atoms with Crippen LogP contribution in [0, 0.1) is 13.8 Å². The molecule has 4 nitrogen and oxygen atoms in total. The van der Waals surface area contributed by atoms with Crippen molar-refractivity contribution in [3.63, 3.8) is 0 Å². The molecule has 19 heavy (non-hydrogen) atoms. The van der Waals surface area contributed by atoms with Crippen LogP contribution in [0.1, 0.15) is 35.6 Å². The molecule has 1 aromatic heterocycles. The van der Waals surface area contributed by atoms with E-state index in [1.54, 1.807) is 6.92 Å². The lowest BCUT2D eigenvalue weighted by atomic mass is 10.1. The summed E-state index contributed by atoms with van der Waals surface area (Å²) in [5, 5.41) is 13.6. The van der Waals surface area contributed by atoms with Gasteiger partial charge in [-0.15, -0.1) is 0 Å². The Bertz CT molecular complexity index is 559. The molecule has 2 rings (SSSR count). The van der Waals surface area contributed by atoms with Gasteiger partial charge in [-0.2, -0.15) is 0 Å². The number of aliphatic hydroxyl groups excluding tert-OH is 1. The molecule has 1 N–H and O–H groups in total. The van der Waals surface area contributed by atoms with Gasteiger partial charge in [-0.1, -0.05) is 27.2 Å². The number of halogens is 1. The molecule has 2 aromatic rings. The molecule has 0 bridgehead atoms. The van der Waals surface area contributed by atoms with E-state index in [0.717, 1.165) is 27.1 Å². The summed E-state index contributed by atoms with van der Waals surface area (Å²) in [5.74, 6) is 1.41. The van der Waals surface area contributed by atoms with Crippen LogP contribution in [0.2, 0.25) is 0 Å². The van der Waals surface area contributed by atoms with E-state index in [1.807, 2.05) is 32.0 Å². The van der Waals surface area contributed by atoms with Gasteiger partial charge in [-0.3, -0.25) is 0 Å². The maximum absolute atomic E-state index is 9.74. The zero-order chi connectivity index (χ0) is 14.0. The molecular weight excluding hydrogens is 310 g/mol. The fourth-order valence-electron chi connectivity index (χ4n) is 1.84. The number of hydrogen-bond acceptors (Lipinski definition) is 4. The lowest BCUT2D eigenvalue weighted by molar-refractivity contribution is 0.190. The van der Waals surface area contributed by atoms with Crippen LogP contribution in [0.25, 0.3) is 0 Å². The van der Waals surface area contributed by atoms with Crippen molar-refractivity contribution < 1.29 is 14.4 Å². The number of hydrogen-bond donors (Lipinski definition) is 1. The van der Waals surface area contributed by atoms with E-state index >= 15 is 0 Å². The Morgan fingerprint density at radius 1 is 1.42 bits per heavy atom. The molecule has 1 heterocycles. The molecule has 0 saturated heterocycles. The number of aromatic nitrogens is 1. The maximum atomic E-state index is 9.74. The summed E-state index contributed by atoms with van der Waals surface area (Å²) < 4.78 is 11.8. The molecule has 102 valence electrons. The zero-order valence-corrected chi connectivity index (χ0v) is 12.7. The van der Waals surface area contributed by atoms with Gasteiger partial charge in [0.15, 0.2) is 0 Å². The minimum absolute atomic E-state index is 0.372. The smallest absolute Gasteiger partial charge is 0.140 e. The van der Waals surface area contributed by atoms with E-state index in [9.17, 15) is 5.11 Å². The van der Waals surface area contributed by atoms with Gasteiger partial charge in [-0.25, -0.2) is 0 Å². The van der Waals surface area contributed by atoms with Crippen molar-refractivity contribution >= 4 is 15.9 Å². The molecule has 0 radical (unpaired) electrons. The number of aliphatic hydroxyl groups is 1. The standard InChI is InChI=1S/C14H16BrNO3/c1-8-13(10(3)19-16-8)7-18-14-6-11(15)4-5-12(14)9(2)17/h4-6,9,17H,7H2,1-3H3. The van der Waals surface area contributed by atoms with Crippen LogP contribution < -0.4 is 4.74 Å². The normalized spacial score (nSPS) is 12.5. The Labute approximate surface area is 120 Å². The molecule has 1 atom stereocenters. The topological polar surface area (TPSA) is 55.5 Å². The zero-order valence-electron chi connectivity index (χ0n) is 11.1. The fraction of sp³-hybridized carbons (Fsp3) is 0.357. The second-order valence-electron chi connectivity index (χ2n) is 4.45. The van der Waals surface area contributed by atoms with Gasteiger partial charge in [0.1, 0.15) is 18.1 Å². The van der Waals surface area contributed by atoms with Gasteiger partial charge in [0.25, 0.3) is 0 Å². The largest absolute Gasteiger partial charge is 0.488 e. The van der Waals surface area contributed by atoms with E-state index in [-0.39, 0.29) is 0 Å². The Morgan fingerprint density at radius 2 is 2.16 bits per heavy atom. The van der Waals surface area contributed by atoms with Crippen LogP contribution in [-0.4, -0.2) is 10.3 Å². The Balaban J connectivity index is 2.22. The molecule has 0 aliphatic heterocycles. The van der Waals surface area contributed by atoms with Crippen molar-refractivity contribution in [3.8, 4) is 5.75 Å². The highest BCUT2D eigenvalue weighted by molar-refractivity contribution is 9.10. The highest BCUT2D eigenvalue weighted by atomic mass is 79.9. The summed E-state index contributed by atoms with van der Waals surface area (Å²) in [6.45, 7) is 5.82. The van der Waals surface area contributed by atoms with Gasteiger partial charge >= 0.3 is 0 Å². The van der Waals surface area contributed by atoms with Gasteiger partial charge in [-0.05, 0) is 32.9 Å². The van der Waals surface area contributed by atoms with E-state index in [0.29, 0.717) is 12.4 Å². The molecule has 0 spiro atoms. The lowest BCUT2D eigenvalue weighted by Crippen LogP contribution is -2.02. The first-order chi connectivity index (χ1) is 8.99. The van der Waals surface area contributed by atoms with Crippen molar-refractivity contribution in [2.75, 3.05) is 0 Å². The summed E-state index contributed by atoms with van der Waals surface area (Å²) in [4.78, 5) is 0. The summed E-state index contributed by atoms with van der Waals surface area (Å²) in [7, 11) is 0. The van der Waals surface area contributed by atoms with Crippen molar-refractivity contribution in [1.82, 2.24) is 5.16 Å². The van der Waals surface area contributed by atoms with E-state index in [2.05, 4.69) is 21.1 Å². The predicted octanol–water partition coefficient (Wildman–Crippen LogP) is 3.69. The molecular formula is C14H16BrNO3. The highest BCUT2D eigenvalue weighted by Gasteiger charge is 2.13. The van der Waals surface area contributed by atoms with Crippen molar-refractivity contribution in [1.29, 1.82) is 0 Å². The monoisotopic (exact) mass is 325 g/mol. The van der Waals surface area contributed by atoms with E-state index < -0.39 is 6.10 Å². The molecule has 1 unspecified atom stereocenters. The van der Waals surface area contributed by atoms with Crippen LogP contribution in [0.5, 0.6) is 5.75 Å². The minimum atomic E-state index is -0.576. The van der Waals surface area contributed by atoms with Crippen molar-refractivity contribution in [3.05, 3.63) is 45.3 Å². The SMILES string of the molecule is Cc1noc(C)c1COc1cc(Br)ccc1C(C)O. The second-order valence-corrected chi connectivity index (χ2v) is 5.37. The molecule has 0 aliphatic carbocycles. The number of benzene rings is 1. The molecule has 0 saturated carbocycles. The average molecular weight is 326 g/mol. The Morgan fingerprint density at radius 3 is 2.74 bits per heavy atom. The van der Waals surface area contributed by atoms with Crippen LogP contribution >= 0.6 is 15.9 Å². The summed E-state index contributed by atoms with van der Waals surface area (Å²) in [6, 6.07) is 5.57. The third kappa shape index (κ3) is 3.16. The maximum Gasteiger partial charge on any atom is 0.140 e. The predicted molar refractivity (Wildman–Crippen MR) is 75.1 cm³/mol. The van der Waals surface area contributed by atoms with Crippen LogP contribution in [0.4, 0.5) is 0 Å². The number of rotatable bonds is 4. The molecule has 0 aliphatic rings. The van der Waals surface area contributed by atoms with Gasteiger partial charge < -0.3 is 14.4 Å². The fourth-order valence-corrected chi connectivity index (χ4v) is 2.18. The third-order valence-electron chi connectivity index (χ3n) is 2.98. The minimum Gasteiger partial charge on any atom is -0.488 e. The summed E-state index contributed by atoms with van der Waals surface area (Å²) >= 11 is 3.40. The van der Waals surface area contributed by atoms with Gasteiger partial charge in [0, 0.05) is 10.0 Å². The second kappa shape index (κ2) is 5.75. The quantitative estimate of drug-likeness (QED) is 0.931. The number of aryl methyl sites for hydroxylation is 2. The molecule has 0 amide bonds. The van der Waals surface area contributed by atoms with Gasteiger partial charge in [0.05, 0.1) is 17.4 Å². The van der Waals surface area contributed by atoms with Crippen LogP contribution in [0.3, 0.4) is 0 Å². The van der Waals surface area contributed by atoms with Crippen LogP contribution in [0.15, 0.2) is 27.2 Å².